The van der Waals surface area contributed by atoms with Crippen LogP contribution >= 0.6 is 0 Å². The number of carbonyl (C=O) groups excluding carboxylic acids is 2. The minimum Gasteiger partial charge on any atom is -0.469 e. The topological polar surface area (TPSA) is 69.4 Å². The minimum absolute atomic E-state index is 0.249. The van der Waals surface area contributed by atoms with E-state index in [1.807, 2.05) is 20.8 Å². The molecule has 1 aliphatic carbocycles. The highest BCUT2D eigenvalue weighted by molar-refractivity contribution is 5.83. The number of methoxy groups -OCH3 is 1. The van der Waals surface area contributed by atoms with Crippen molar-refractivity contribution in [3.05, 3.63) is 0 Å². The number of carbonyl (C=O) groups is 2. The number of hydrogen-bond acceptors (Lipinski definition) is 3. The molecule has 0 spiro atoms. The molecule has 1 amide bonds. The fourth-order valence-corrected chi connectivity index (χ4v) is 2.59. The van der Waals surface area contributed by atoms with Crippen molar-refractivity contribution < 1.29 is 14.3 Å². The van der Waals surface area contributed by atoms with Crippen LogP contribution in [0.3, 0.4) is 0 Å². The summed E-state index contributed by atoms with van der Waals surface area (Å²) in [5.41, 5.74) is 4.30. The number of amides is 1. The Morgan fingerprint density at radius 1 is 1.33 bits per heavy atom. The first-order chi connectivity index (χ1) is 6.77. The van der Waals surface area contributed by atoms with Gasteiger partial charge in [-0.25, -0.2) is 0 Å². The highest BCUT2D eigenvalue weighted by atomic mass is 16.5. The maximum atomic E-state index is 11.7. The molecule has 0 radical (unpaired) electrons. The molecule has 0 aliphatic heterocycles. The molecule has 1 saturated carbocycles. The maximum Gasteiger partial charge on any atom is 0.312 e. The van der Waals surface area contributed by atoms with Gasteiger partial charge in [-0.1, -0.05) is 13.8 Å². The first-order valence-electron chi connectivity index (χ1n) is 5.15. The molecule has 86 valence electrons. The zero-order chi connectivity index (χ0) is 11.9. The lowest BCUT2D eigenvalue weighted by molar-refractivity contribution is -0.158. The number of esters is 1. The second-order valence-corrected chi connectivity index (χ2v) is 5.04. The Bertz CT molecular complexity index is 298. The fraction of sp³-hybridized carbons (Fsp3) is 0.818. The van der Waals surface area contributed by atoms with Crippen molar-refractivity contribution in [2.24, 2.45) is 22.5 Å². The Morgan fingerprint density at radius 2 is 1.87 bits per heavy atom. The second kappa shape index (κ2) is 3.51. The zero-order valence-electron chi connectivity index (χ0n) is 9.79. The van der Waals surface area contributed by atoms with Gasteiger partial charge in [0.1, 0.15) is 0 Å². The summed E-state index contributed by atoms with van der Waals surface area (Å²) >= 11 is 0. The van der Waals surface area contributed by atoms with Gasteiger partial charge in [0, 0.05) is 5.92 Å². The molecule has 0 aromatic carbocycles. The largest absolute Gasteiger partial charge is 0.469 e. The first-order valence-corrected chi connectivity index (χ1v) is 5.15. The smallest absolute Gasteiger partial charge is 0.312 e. The average Bonchev–Trinajstić information content (AvgIpc) is 2.38. The van der Waals surface area contributed by atoms with Crippen molar-refractivity contribution in [3.8, 4) is 0 Å². The Morgan fingerprint density at radius 3 is 2.20 bits per heavy atom. The van der Waals surface area contributed by atoms with E-state index in [2.05, 4.69) is 0 Å². The molecule has 0 aromatic rings. The number of hydrogen-bond donors (Lipinski definition) is 1. The van der Waals surface area contributed by atoms with E-state index in [0.29, 0.717) is 12.8 Å². The molecular weight excluding hydrogens is 194 g/mol. The maximum absolute atomic E-state index is 11.7. The van der Waals surface area contributed by atoms with Gasteiger partial charge in [0.05, 0.1) is 12.5 Å². The van der Waals surface area contributed by atoms with Crippen LogP contribution in [0.4, 0.5) is 0 Å². The van der Waals surface area contributed by atoms with Crippen LogP contribution < -0.4 is 5.73 Å². The Kier molecular flexibility index (Phi) is 2.81. The van der Waals surface area contributed by atoms with Gasteiger partial charge in [0.15, 0.2) is 0 Å². The van der Waals surface area contributed by atoms with E-state index in [1.165, 1.54) is 7.11 Å². The second-order valence-electron chi connectivity index (χ2n) is 5.04. The summed E-state index contributed by atoms with van der Waals surface area (Å²) in [6, 6.07) is 0. The number of ether oxygens (including phenoxy) is 1. The number of primary amides is 1. The van der Waals surface area contributed by atoms with Crippen molar-refractivity contribution in [2.75, 3.05) is 7.11 Å². The molecule has 0 aromatic heterocycles. The number of rotatable bonds is 2. The van der Waals surface area contributed by atoms with Gasteiger partial charge in [0.2, 0.25) is 5.91 Å². The van der Waals surface area contributed by atoms with Gasteiger partial charge >= 0.3 is 5.97 Å². The van der Waals surface area contributed by atoms with Crippen LogP contribution in [0.25, 0.3) is 0 Å². The highest BCUT2D eigenvalue weighted by Crippen LogP contribution is 2.56. The molecule has 15 heavy (non-hydrogen) atoms. The van der Waals surface area contributed by atoms with Crippen LogP contribution in [0, 0.1) is 16.7 Å². The quantitative estimate of drug-likeness (QED) is 0.698. The van der Waals surface area contributed by atoms with Gasteiger partial charge in [-0.3, -0.25) is 9.59 Å². The lowest BCUT2D eigenvalue weighted by atomic mass is 9.65. The predicted octanol–water partition coefficient (Wildman–Crippen LogP) is 1.09. The molecule has 2 atom stereocenters. The predicted molar refractivity (Wildman–Crippen MR) is 55.8 cm³/mol. The molecule has 1 fully saturated rings. The summed E-state index contributed by atoms with van der Waals surface area (Å²) in [6.07, 6.45) is 1.31. The van der Waals surface area contributed by atoms with Gasteiger partial charge in [-0.15, -0.1) is 0 Å². The third kappa shape index (κ3) is 1.52. The summed E-state index contributed by atoms with van der Waals surface area (Å²) in [5, 5.41) is 0. The van der Waals surface area contributed by atoms with E-state index in [-0.39, 0.29) is 17.8 Å². The molecule has 1 rings (SSSR count). The van der Waals surface area contributed by atoms with Crippen LogP contribution in [-0.2, 0) is 14.3 Å². The lowest BCUT2D eigenvalue weighted by Crippen LogP contribution is -2.44. The third-order valence-electron chi connectivity index (χ3n) is 4.21. The molecule has 0 unspecified atom stereocenters. The summed E-state index contributed by atoms with van der Waals surface area (Å²) in [6.45, 7) is 5.67. The van der Waals surface area contributed by atoms with Crippen LogP contribution in [-0.4, -0.2) is 19.0 Å². The normalized spacial score (nSPS) is 33.7. The molecule has 0 bridgehead atoms. The molecule has 4 heteroatoms. The van der Waals surface area contributed by atoms with E-state index in [9.17, 15) is 9.59 Å². The van der Waals surface area contributed by atoms with Gasteiger partial charge in [0.25, 0.3) is 0 Å². The summed E-state index contributed by atoms with van der Waals surface area (Å²) in [7, 11) is 1.38. The molecular formula is C11H19NO3. The van der Waals surface area contributed by atoms with Crippen molar-refractivity contribution in [3.63, 3.8) is 0 Å². The SMILES string of the molecule is COC(=O)[C@]1(C)CC[C@@H](C(N)=O)C1(C)C. The molecule has 0 saturated heterocycles. The number of nitrogens with two attached hydrogens (primary N) is 1. The van der Waals surface area contributed by atoms with E-state index >= 15 is 0 Å². The van der Waals surface area contributed by atoms with Crippen molar-refractivity contribution in [1.29, 1.82) is 0 Å². The van der Waals surface area contributed by atoms with Gasteiger partial charge < -0.3 is 10.5 Å². The Labute approximate surface area is 90.2 Å². The monoisotopic (exact) mass is 213 g/mol. The van der Waals surface area contributed by atoms with Gasteiger partial charge in [-0.2, -0.15) is 0 Å². The summed E-state index contributed by atoms with van der Waals surface area (Å²) in [4.78, 5) is 23.0. The average molecular weight is 213 g/mol. The highest BCUT2D eigenvalue weighted by Gasteiger charge is 2.58. The van der Waals surface area contributed by atoms with Crippen LogP contribution in [0.2, 0.25) is 0 Å². The summed E-state index contributed by atoms with van der Waals surface area (Å²) < 4.78 is 4.81. The molecule has 4 nitrogen and oxygen atoms in total. The fourth-order valence-electron chi connectivity index (χ4n) is 2.59. The van der Waals surface area contributed by atoms with Gasteiger partial charge in [-0.05, 0) is 25.2 Å². The standard InChI is InChI=1S/C11H19NO3/c1-10(2)7(8(12)13)5-6-11(10,3)9(14)15-4/h7H,5-6H2,1-4H3,(H2,12,13)/t7-,11-/m0/s1. The van der Waals surface area contributed by atoms with E-state index in [0.717, 1.165) is 0 Å². The van der Waals surface area contributed by atoms with Crippen molar-refractivity contribution in [2.45, 2.75) is 33.6 Å². The lowest BCUT2D eigenvalue weighted by Gasteiger charge is -2.38. The third-order valence-corrected chi connectivity index (χ3v) is 4.21. The van der Waals surface area contributed by atoms with Crippen LogP contribution in [0.15, 0.2) is 0 Å². The van der Waals surface area contributed by atoms with Crippen LogP contribution in [0.1, 0.15) is 33.6 Å². The van der Waals surface area contributed by atoms with Crippen LogP contribution in [0.5, 0.6) is 0 Å². The molecule has 1 aliphatic rings. The zero-order valence-corrected chi connectivity index (χ0v) is 9.79. The first kappa shape index (κ1) is 12.0. The van der Waals surface area contributed by atoms with Crippen molar-refractivity contribution in [1.82, 2.24) is 0 Å². The molecule has 0 heterocycles. The molecule has 2 N–H and O–H groups in total. The van der Waals surface area contributed by atoms with Crippen molar-refractivity contribution >= 4 is 11.9 Å². The minimum atomic E-state index is -0.610. The summed E-state index contributed by atoms with van der Waals surface area (Å²) in [5.74, 6) is -0.828. The Hall–Kier alpha value is -1.06. The van der Waals surface area contributed by atoms with E-state index in [4.69, 9.17) is 10.5 Å². The van der Waals surface area contributed by atoms with E-state index in [1.54, 1.807) is 0 Å². The van der Waals surface area contributed by atoms with E-state index < -0.39 is 10.8 Å². The Balaban J connectivity index is 3.06.